The molecule has 1 heterocycles. The van der Waals surface area contributed by atoms with E-state index in [-0.39, 0.29) is 11.6 Å². The van der Waals surface area contributed by atoms with E-state index in [0.717, 1.165) is 6.42 Å². The van der Waals surface area contributed by atoms with Gasteiger partial charge in [-0.2, -0.15) is 0 Å². The predicted molar refractivity (Wildman–Crippen MR) is 57.3 cm³/mol. The van der Waals surface area contributed by atoms with E-state index < -0.39 is 15.6 Å². The molecule has 1 aromatic rings. The number of aromatic amines is 1. The first-order chi connectivity index (χ1) is 7.41. The molecular weight excluding hydrogens is 230 g/mol. The van der Waals surface area contributed by atoms with Crippen molar-refractivity contribution in [1.29, 1.82) is 0 Å². The van der Waals surface area contributed by atoms with Crippen LogP contribution in [0.25, 0.3) is 0 Å². The van der Waals surface area contributed by atoms with E-state index in [1.165, 1.54) is 6.20 Å². The zero-order chi connectivity index (χ0) is 11.8. The van der Waals surface area contributed by atoms with E-state index in [1.54, 1.807) is 6.92 Å². The minimum absolute atomic E-state index is 0.0351. The fraction of sp³-hybridized carbons (Fsp3) is 0.667. The van der Waals surface area contributed by atoms with Crippen molar-refractivity contribution in [3.8, 4) is 0 Å². The monoisotopic (exact) mass is 245 g/mol. The summed E-state index contributed by atoms with van der Waals surface area (Å²) < 4.78 is 25.9. The van der Waals surface area contributed by atoms with Crippen LogP contribution in [0.1, 0.15) is 25.1 Å². The number of aromatic nitrogens is 2. The first-order valence-corrected chi connectivity index (χ1v) is 6.63. The summed E-state index contributed by atoms with van der Waals surface area (Å²) in [5, 5.41) is 9.81. The minimum Gasteiger partial charge on any atom is -0.389 e. The average molecular weight is 245 g/mol. The van der Waals surface area contributed by atoms with E-state index in [2.05, 4.69) is 14.7 Å². The van der Waals surface area contributed by atoms with Crippen LogP contribution in [0.15, 0.2) is 11.2 Å². The Morgan fingerprint density at radius 1 is 1.62 bits per heavy atom. The number of aliphatic hydroxyl groups is 1. The fourth-order valence-electron chi connectivity index (χ4n) is 1.60. The van der Waals surface area contributed by atoms with Crippen LogP contribution < -0.4 is 4.72 Å². The predicted octanol–water partition coefficient (Wildman–Crippen LogP) is -0.0886. The van der Waals surface area contributed by atoms with Crippen LogP contribution >= 0.6 is 0 Å². The molecule has 1 fully saturated rings. The summed E-state index contributed by atoms with van der Waals surface area (Å²) in [6, 6.07) is 0. The zero-order valence-electron chi connectivity index (χ0n) is 9.02. The Hall–Kier alpha value is -0.920. The van der Waals surface area contributed by atoms with Gasteiger partial charge < -0.3 is 10.1 Å². The summed E-state index contributed by atoms with van der Waals surface area (Å²) in [5.41, 5.74) is -0.859. The second-order valence-corrected chi connectivity index (χ2v) is 5.97. The smallest absolute Gasteiger partial charge is 0.257 e. The summed E-state index contributed by atoms with van der Waals surface area (Å²) in [6.45, 7) is 1.74. The number of nitrogens with zero attached hydrogens (tertiary/aromatic N) is 1. The van der Waals surface area contributed by atoms with E-state index in [9.17, 15) is 13.5 Å². The summed E-state index contributed by atoms with van der Waals surface area (Å²) in [7, 11) is -3.58. The molecule has 2 rings (SSSR count). The van der Waals surface area contributed by atoms with Crippen LogP contribution in [0.4, 0.5) is 0 Å². The molecular formula is C9H15N3O3S. The number of H-pyrrole nitrogens is 1. The number of aryl methyl sites for hydroxylation is 1. The Morgan fingerprint density at radius 2 is 2.31 bits per heavy atom. The van der Waals surface area contributed by atoms with E-state index in [0.29, 0.717) is 18.7 Å². The van der Waals surface area contributed by atoms with Gasteiger partial charge in [-0.25, -0.2) is 18.1 Å². The molecule has 6 nitrogen and oxygen atoms in total. The molecule has 1 aliphatic carbocycles. The molecule has 7 heteroatoms. The van der Waals surface area contributed by atoms with Crippen molar-refractivity contribution in [2.24, 2.45) is 0 Å². The number of hydrogen-bond acceptors (Lipinski definition) is 4. The molecule has 0 aromatic carbocycles. The minimum atomic E-state index is -3.58. The van der Waals surface area contributed by atoms with Crippen molar-refractivity contribution in [2.75, 3.05) is 6.54 Å². The van der Waals surface area contributed by atoms with Gasteiger partial charge >= 0.3 is 0 Å². The van der Waals surface area contributed by atoms with Crippen molar-refractivity contribution in [1.82, 2.24) is 14.7 Å². The van der Waals surface area contributed by atoms with Gasteiger partial charge in [0.25, 0.3) is 10.0 Å². The van der Waals surface area contributed by atoms with Gasteiger partial charge in [0.15, 0.2) is 5.03 Å². The molecule has 1 saturated carbocycles. The molecule has 90 valence electrons. The lowest BCUT2D eigenvalue weighted by Crippen LogP contribution is -2.47. The number of rotatable bonds is 4. The molecule has 0 aliphatic heterocycles. The Labute approximate surface area is 94.1 Å². The Kier molecular flexibility index (Phi) is 2.77. The maximum absolute atomic E-state index is 11.7. The van der Waals surface area contributed by atoms with Gasteiger partial charge in [0.2, 0.25) is 0 Å². The molecule has 0 spiro atoms. The number of sulfonamides is 1. The number of nitrogens with one attached hydrogen (secondary N) is 2. The molecule has 0 atom stereocenters. The van der Waals surface area contributed by atoms with Crippen molar-refractivity contribution < 1.29 is 13.5 Å². The highest BCUT2D eigenvalue weighted by atomic mass is 32.2. The molecule has 0 amide bonds. The lowest BCUT2D eigenvalue weighted by Gasteiger charge is -2.36. The first kappa shape index (κ1) is 11.6. The van der Waals surface area contributed by atoms with E-state index in [1.807, 2.05) is 0 Å². The van der Waals surface area contributed by atoms with Crippen LogP contribution in [-0.4, -0.2) is 35.6 Å². The van der Waals surface area contributed by atoms with Gasteiger partial charge in [-0.15, -0.1) is 0 Å². The summed E-state index contributed by atoms with van der Waals surface area (Å²) in [5.74, 6) is 0.544. The third kappa shape index (κ3) is 2.26. The highest BCUT2D eigenvalue weighted by Crippen LogP contribution is 2.30. The van der Waals surface area contributed by atoms with Crippen LogP contribution in [0, 0.1) is 6.92 Å². The van der Waals surface area contributed by atoms with Crippen molar-refractivity contribution in [3.05, 3.63) is 12.0 Å². The Morgan fingerprint density at radius 3 is 2.75 bits per heavy atom. The molecule has 0 bridgehead atoms. The van der Waals surface area contributed by atoms with Gasteiger partial charge in [-0.05, 0) is 26.2 Å². The summed E-state index contributed by atoms with van der Waals surface area (Å²) >= 11 is 0. The summed E-state index contributed by atoms with van der Waals surface area (Å²) in [6.07, 6.45) is 3.51. The van der Waals surface area contributed by atoms with Crippen LogP contribution in [0.3, 0.4) is 0 Å². The first-order valence-electron chi connectivity index (χ1n) is 5.15. The average Bonchev–Trinajstić information content (AvgIpc) is 2.60. The largest absolute Gasteiger partial charge is 0.389 e. The molecule has 0 saturated heterocycles. The topological polar surface area (TPSA) is 95.1 Å². The van der Waals surface area contributed by atoms with Gasteiger partial charge in [0.05, 0.1) is 11.8 Å². The van der Waals surface area contributed by atoms with Crippen LogP contribution in [0.5, 0.6) is 0 Å². The van der Waals surface area contributed by atoms with Crippen LogP contribution in [-0.2, 0) is 10.0 Å². The van der Waals surface area contributed by atoms with Crippen molar-refractivity contribution in [2.45, 2.75) is 36.8 Å². The highest BCUT2D eigenvalue weighted by Gasteiger charge is 2.35. The molecule has 0 unspecified atom stereocenters. The SMILES string of the molecule is Cc1ncc(S(=O)(=O)NCC2(O)CCC2)[nH]1. The molecule has 0 radical (unpaired) electrons. The zero-order valence-corrected chi connectivity index (χ0v) is 9.84. The van der Waals surface area contributed by atoms with Gasteiger partial charge in [0.1, 0.15) is 5.82 Å². The van der Waals surface area contributed by atoms with Crippen molar-refractivity contribution in [3.63, 3.8) is 0 Å². The Balaban J connectivity index is 2.03. The molecule has 1 aromatic heterocycles. The van der Waals surface area contributed by atoms with E-state index >= 15 is 0 Å². The fourth-order valence-corrected chi connectivity index (χ4v) is 2.69. The van der Waals surface area contributed by atoms with Gasteiger partial charge in [-0.3, -0.25) is 0 Å². The quantitative estimate of drug-likeness (QED) is 0.691. The maximum Gasteiger partial charge on any atom is 0.257 e. The number of imidazole rings is 1. The van der Waals surface area contributed by atoms with E-state index in [4.69, 9.17) is 0 Å². The molecule has 3 N–H and O–H groups in total. The van der Waals surface area contributed by atoms with Crippen molar-refractivity contribution >= 4 is 10.0 Å². The van der Waals surface area contributed by atoms with Gasteiger partial charge in [-0.1, -0.05) is 0 Å². The normalized spacial score (nSPS) is 19.4. The number of hydrogen-bond donors (Lipinski definition) is 3. The lowest BCUT2D eigenvalue weighted by molar-refractivity contribution is -0.0271. The second kappa shape index (κ2) is 3.83. The lowest BCUT2D eigenvalue weighted by atomic mass is 9.81. The third-order valence-electron chi connectivity index (χ3n) is 2.84. The van der Waals surface area contributed by atoms with Gasteiger partial charge in [0, 0.05) is 6.54 Å². The molecule has 16 heavy (non-hydrogen) atoms. The highest BCUT2D eigenvalue weighted by molar-refractivity contribution is 7.89. The maximum atomic E-state index is 11.7. The van der Waals surface area contributed by atoms with Crippen LogP contribution in [0.2, 0.25) is 0 Å². The Bertz CT molecular complexity index is 476. The third-order valence-corrected chi connectivity index (χ3v) is 4.16. The molecule has 1 aliphatic rings. The standard InChI is InChI=1S/C9H15N3O3S/c1-7-10-5-8(12-7)16(14,15)11-6-9(13)3-2-4-9/h5,11,13H,2-4,6H2,1H3,(H,10,12). The summed E-state index contributed by atoms with van der Waals surface area (Å²) in [4.78, 5) is 6.47. The second-order valence-electron chi connectivity index (χ2n) is 4.24.